The van der Waals surface area contributed by atoms with Gasteiger partial charge in [-0.25, -0.2) is 9.55 Å². The lowest BCUT2D eigenvalue weighted by atomic mass is 10.3. The van der Waals surface area contributed by atoms with Crippen molar-refractivity contribution >= 4 is 17.6 Å². The predicted octanol–water partition coefficient (Wildman–Crippen LogP) is 2.63. The van der Waals surface area contributed by atoms with Crippen molar-refractivity contribution in [1.29, 1.82) is 0 Å². The molecule has 19 heavy (non-hydrogen) atoms. The van der Waals surface area contributed by atoms with Gasteiger partial charge in [0.15, 0.2) is 6.61 Å². The van der Waals surface area contributed by atoms with Crippen LogP contribution in [-0.4, -0.2) is 20.7 Å². The summed E-state index contributed by atoms with van der Waals surface area (Å²) in [6, 6.07) is 7.65. The van der Waals surface area contributed by atoms with Crippen molar-refractivity contribution < 1.29 is 9.66 Å². The standard InChI is InChI=1S/C12H13N3O3S/c1-14-11(13-7-12(14)15(16)17)8-18-9-3-5-10(19-2)6-4-9/h3-7H,8H2,1-2H3. The van der Waals surface area contributed by atoms with E-state index in [0.717, 1.165) is 4.90 Å². The first-order valence-electron chi connectivity index (χ1n) is 5.53. The molecule has 0 fully saturated rings. The smallest absolute Gasteiger partial charge is 0.342 e. The van der Waals surface area contributed by atoms with Gasteiger partial charge in [0, 0.05) is 4.90 Å². The zero-order valence-electron chi connectivity index (χ0n) is 10.6. The first-order chi connectivity index (χ1) is 9.11. The molecule has 0 unspecified atom stereocenters. The van der Waals surface area contributed by atoms with E-state index in [-0.39, 0.29) is 12.4 Å². The van der Waals surface area contributed by atoms with Gasteiger partial charge in [-0.05, 0) is 35.4 Å². The number of rotatable bonds is 5. The summed E-state index contributed by atoms with van der Waals surface area (Å²) in [6.07, 6.45) is 3.23. The fourth-order valence-electron chi connectivity index (χ4n) is 1.56. The molecule has 0 spiro atoms. The third-order valence-corrected chi connectivity index (χ3v) is 3.42. The molecule has 2 rings (SSSR count). The normalized spacial score (nSPS) is 10.4. The van der Waals surface area contributed by atoms with Crippen molar-refractivity contribution in [3.05, 3.63) is 46.4 Å². The van der Waals surface area contributed by atoms with Crippen LogP contribution in [0.3, 0.4) is 0 Å². The number of hydrogen-bond donors (Lipinski definition) is 0. The van der Waals surface area contributed by atoms with E-state index < -0.39 is 4.92 Å². The zero-order chi connectivity index (χ0) is 13.8. The summed E-state index contributed by atoms with van der Waals surface area (Å²) in [5.74, 6) is 1.18. The second-order valence-corrected chi connectivity index (χ2v) is 4.69. The Morgan fingerprint density at radius 3 is 2.63 bits per heavy atom. The second-order valence-electron chi connectivity index (χ2n) is 3.81. The van der Waals surface area contributed by atoms with Crippen LogP contribution in [0.15, 0.2) is 35.4 Å². The molecular weight excluding hydrogens is 266 g/mol. The van der Waals surface area contributed by atoms with Crippen LogP contribution in [0.25, 0.3) is 0 Å². The molecule has 0 saturated carbocycles. The maximum atomic E-state index is 10.7. The van der Waals surface area contributed by atoms with Crippen LogP contribution in [0.4, 0.5) is 5.82 Å². The van der Waals surface area contributed by atoms with Gasteiger partial charge in [0.1, 0.15) is 11.9 Å². The first-order valence-corrected chi connectivity index (χ1v) is 6.76. The molecule has 6 nitrogen and oxygen atoms in total. The summed E-state index contributed by atoms with van der Waals surface area (Å²) in [5.41, 5.74) is 0. The minimum absolute atomic E-state index is 0.0451. The Hall–Kier alpha value is -2.02. The van der Waals surface area contributed by atoms with Crippen LogP contribution >= 0.6 is 11.8 Å². The fourth-order valence-corrected chi connectivity index (χ4v) is 1.97. The summed E-state index contributed by atoms with van der Waals surface area (Å²) in [6.45, 7) is 0.197. The summed E-state index contributed by atoms with van der Waals surface area (Å²) >= 11 is 1.65. The SMILES string of the molecule is CSc1ccc(OCc2ncc([N+](=O)[O-])n2C)cc1. The van der Waals surface area contributed by atoms with E-state index in [1.54, 1.807) is 18.8 Å². The van der Waals surface area contributed by atoms with E-state index in [4.69, 9.17) is 4.74 Å². The molecule has 0 aliphatic rings. The van der Waals surface area contributed by atoms with E-state index in [2.05, 4.69) is 4.98 Å². The van der Waals surface area contributed by atoms with Crippen molar-refractivity contribution in [2.24, 2.45) is 7.05 Å². The molecule has 0 bridgehead atoms. The Labute approximate surface area is 114 Å². The third-order valence-electron chi connectivity index (χ3n) is 2.67. The van der Waals surface area contributed by atoms with E-state index in [1.165, 1.54) is 10.8 Å². The molecule has 0 atom stereocenters. The lowest BCUT2D eigenvalue weighted by molar-refractivity contribution is -0.391. The van der Waals surface area contributed by atoms with E-state index >= 15 is 0 Å². The minimum Gasteiger partial charge on any atom is -0.483 e. The van der Waals surface area contributed by atoms with Gasteiger partial charge in [-0.3, -0.25) is 0 Å². The van der Waals surface area contributed by atoms with E-state index in [0.29, 0.717) is 11.6 Å². The molecule has 0 aliphatic heterocycles. The number of thioether (sulfide) groups is 1. The highest BCUT2D eigenvalue weighted by Crippen LogP contribution is 2.20. The van der Waals surface area contributed by atoms with Gasteiger partial charge in [0.25, 0.3) is 0 Å². The molecule has 0 N–H and O–H groups in total. The molecule has 100 valence electrons. The highest BCUT2D eigenvalue weighted by molar-refractivity contribution is 7.98. The molecule has 2 aromatic rings. The van der Waals surface area contributed by atoms with Gasteiger partial charge in [-0.1, -0.05) is 0 Å². The van der Waals surface area contributed by atoms with Gasteiger partial charge in [-0.15, -0.1) is 11.8 Å². The fraction of sp³-hybridized carbons (Fsp3) is 0.250. The Balaban J connectivity index is 2.03. The van der Waals surface area contributed by atoms with Crippen LogP contribution in [0.2, 0.25) is 0 Å². The summed E-state index contributed by atoms with van der Waals surface area (Å²) < 4.78 is 6.96. The quantitative estimate of drug-likeness (QED) is 0.478. The lowest BCUT2D eigenvalue weighted by Crippen LogP contribution is -2.05. The molecule has 0 radical (unpaired) electrons. The average molecular weight is 279 g/mol. The van der Waals surface area contributed by atoms with Crippen LogP contribution < -0.4 is 4.74 Å². The van der Waals surface area contributed by atoms with Crippen molar-refractivity contribution in [1.82, 2.24) is 9.55 Å². The van der Waals surface area contributed by atoms with Gasteiger partial charge in [0.2, 0.25) is 5.82 Å². The molecular formula is C12H13N3O3S. The molecule has 0 amide bonds. The second kappa shape index (κ2) is 5.75. The maximum absolute atomic E-state index is 10.7. The number of hydrogen-bond acceptors (Lipinski definition) is 5. The van der Waals surface area contributed by atoms with Crippen LogP contribution in [0, 0.1) is 10.1 Å². The number of imidazole rings is 1. The third kappa shape index (κ3) is 3.05. The van der Waals surface area contributed by atoms with Crippen LogP contribution in [-0.2, 0) is 13.7 Å². The number of ether oxygens (including phenoxy) is 1. The maximum Gasteiger partial charge on any atom is 0.342 e. The van der Waals surface area contributed by atoms with Crippen LogP contribution in [0.1, 0.15) is 5.82 Å². The number of nitro groups is 1. The highest BCUT2D eigenvalue weighted by Gasteiger charge is 2.16. The van der Waals surface area contributed by atoms with Gasteiger partial charge >= 0.3 is 5.82 Å². The van der Waals surface area contributed by atoms with Gasteiger partial charge < -0.3 is 14.9 Å². The summed E-state index contributed by atoms with van der Waals surface area (Å²) in [5, 5.41) is 10.7. The Bertz CT molecular complexity index is 580. The van der Waals surface area contributed by atoms with Crippen LogP contribution in [0.5, 0.6) is 5.75 Å². The summed E-state index contributed by atoms with van der Waals surface area (Å²) in [4.78, 5) is 15.3. The van der Waals surface area contributed by atoms with Gasteiger partial charge in [-0.2, -0.15) is 0 Å². The highest BCUT2D eigenvalue weighted by atomic mass is 32.2. The molecule has 1 heterocycles. The Morgan fingerprint density at radius 1 is 1.42 bits per heavy atom. The van der Waals surface area contributed by atoms with Crippen molar-refractivity contribution in [3.8, 4) is 5.75 Å². The molecule has 1 aromatic heterocycles. The van der Waals surface area contributed by atoms with Crippen molar-refractivity contribution in [2.75, 3.05) is 6.26 Å². The molecule has 1 aromatic carbocycles. The predicted molar refractivity (Wildman–Crippen MR) is 72.4 cm³/mol. The number of nitrogens with zero attached hydrogens (tertiary/aromatic N) is 3. The van der Waals surface area contributed by atoms with E-state index in [1.807, 2.05) is 30.5 Å². The monoisotopic (exact) mass is 279 g/mol. The van der Waals surface area contributed by atoms with Gasteiger partial charge in [0.05, 0.1) is 7.05 Å². The largest absolute Gasteiger partial charge is 0.483 e. The van der Waals surface area contributed by atoms with Crippen molar-refractivity contribution in [2.45, 2.75) is 11.5 Å². The lowest BCUT2D eigenvalue weighted by Gasteiger charge is -2.05. The first kappa shape index (κ1) is 13.4. The summed E-state index contributed by atoms with van der Waals surface area (Å²) in [7, 11) is 1.60. The Morgan fingerprint density at radius 2 is 2.11 bits per heavy atom. The molecule has 7 heteroatoms. The number of benzene rings is 1. The minimum atomic E-state index is -0.468. The number of aromatic nitrogens is 2. The van der Waals surface area contributed by atoms with E-state index in [9.17, 15) is 10.1 Å². The molecule has 0 saturated heterocycles. The Kier molecular flexibility index (Phi) is 4.06. The topological polar surface area (TPSA) is 70.2 Å². The molecule has 0 aliphatic carbocycles. The zero-order valence-corrected chi connectivity index (χ0v) is 11.4. The average Bonchev–Trinajstić information content (AvgIpc) is 2.78. The van der Waals surface area contributed by atoms with Crippen molar-refractivity contribution in [3.63, 3.8) is 0 Å².